The van der Waals surface area contributed by atoms with Gasteiger partial charge in [-0.2, -0.15) is 0 Å². The van der Waals surface area contributed by atoms with Gasteiger partial charge < -0.3 is 69.2 Å². The van der Waals surface area contributed by atoms with Crippen LogP contribution in [0.25, 0.3) is 0 Å². The van der Waals surface area contributed by atoms with Gasteiger partial charge in [-0.25, -0.2) is 0 Å². The maximum atomic E-state index is 12.4. The van der Waals surface area contributed by atoms with E-state index in [1.165, 1.54) is 0 Å². The van der Waals surface area contributed by atoms with E-state index in [-0.39, 0.29) is 154 Å². The first-order chi connectivity index (χ1) is 21.0. The molecule has 0 radical (unpaired) electrons. The molecule has 22 heteroatoms. The van der Waals surface area contributed by atoms with E-state index in [1.54, 1.807) is 9.80 Å². The molecule has 0 saturated carbocycles. The van der Waals surface area contributed by atoms with Crippen LogP contribution in [0.2, 0.25) is 0 Å². The minimum atomic E-state index is -1.60. The quantitative estimate of drug-likeness (QED) is 0.164. The van der Waals surface area contributed by atoms with Crippen molar-refractivity contribution in [1.82, 2.24) is 20.4 Å². The Labute approximate surface area is 327 Å². The minimum Gasteiger partial charge on any atom is -0.550 e. The maximum Gasteiger partial charge on any atom is 1.00 e. The first-order valence-corrected chi connectivity index (χ1v) is 14.1. The summed E-state index contributed by atoms with van der Waals surface area (Å²) in [6.45, 7) is 2.45. The number of carboxylic acid groups (broad SMARTS) is 4. The molecule has 1 aliphatic rings. The van der Waals surface area contributed by atoms with Crippen molar-refractivity contribution in [3.63, 3.8) is 0 Å². The second kappa shape index (κ2) is 33.1. The van der Waals surface area contributed by atoms with Crippen LogP contribution in [-0.4, -0.2) is 150 Å². The van der Waals surface area contributed by atoms with E-state index in [2.05, 4.69) is 10.6 Å². The standard InChI is InChI=1S/C26H44N4O14.4Li/c31-21(27-19(25(37)38)1-3-23(33)34)17-29-5-9-41-13-15-43-11-7-30(8-12-44-16-14-42-10-6-29)18-22(32)28-20(26(39)40)2-4-24(35)36;;;;/h19-20H,1-18H2,(H,27,31)(H,28,32)(H,33,34)(H,35,36)(H,37,38)(H,39,40);;;;/q;4*+1/p-4. The number of carbonyl (C=O) groups excluding carboxylic acids is 6. The Morgan fingerprint density at radius 1 is 0.500 bits per heavy atom. The van der Waals surface area contributed by atoms with Gasteiger partial charge in [0.15, 0.2) is 0 Å². The molecule has 0 bridgehead atoms. The van der Waals surface area contributed by atoms with E-state index in [0.29, 0.717) is 26.2 Å². The summed E-state index contributed by atoms with van der Waals surface area (Å²) in [4.78, 5) is 71.9. The Morgan fingerprint density at radius 2 is 0.771 bits per heavy atom. The molecule has 1 heterocycles. The third-order valence-corrected chi connectivity index (χ3v) is 6.20. The van der Waals surface area contributed by atoms with Gasteiger partial charge in [-0.15, -0.1) is 0 Å². The second-order valence-corrected chi connectivity index (χ2v) is 9.70. The van der Waals surface area contributed by atoms with Crippen molar-refractivity contribution in [2.24, 2.45) is 0 Å². The number of nitrogens with one attached hydrogen (secondary N) is 2. The molecule has 1 fully saturated rings. The Morgan fingerprint density at radius 3 is 1.00 bits per heavy atom. The predicted octanol–water partition coefficient (Wildman–Crippen LogP) is -19.8. The number of carboxylic acids is 4. The number of hydrogen-bond acceptors (Lipinski definition) is 16. The van der Waals surface area contributed by atoms with Gasteiger partial charge in [0.05, 0.1) is 90.0 Å². The summed E-state index contributed by atoms with van der Waals surface area (Å²) in [5.41, 5.74) is 0. The molecule has 2 unspecified atom stereocenters. The van der Waals surface area contributed by atoms with E-state index < -0.39 is 60.6 Å². The summed E-state index contributed by atoms with van der Waals surface area (Å²) in [6.07, 6.45) is -1.85. The third-order valence-electron chi connectivity index (χ3n) is 6.20. The summed E-state index contributed by atoms with van der Waals surface area (Å²) in [6, 6.07) is -2.96. The van der Waals surface area contributed by atoms with Crippen LogP contribution >= 0.6 is 0 Å². The van der Waals surface area contributed by atoms with Gasteiger partial charge in [-0.1, -0.05) is 0 Å². The molecule has 0 spiro atoms. The first-order valence-electron chi connectivity index (χ1n) is 14.1. The zero-order valence-corrected chi connectivity index (χ0v) is 28.5. The second-order valence-electron chi connectivity index (χ2n) is 9.70. The van der Waals surface area contributed by atoms with E-state index in [9.17, 15) is 49.2 Å². The number of aliphatic carboxylic acids is 4. The van der Waals surface area contributed by atoms with E-state index in [1.807, 2.05) is 0 Å². The molecule has 1 aliphatic heterocycles. The van der Waals surface area contributed by atoms with Gasteiger partial charge in [0, 0.05) is 38.1 Å². The molecular formula is C26H40Li4N4O14. The van der Waals surface area contributed by atoms with E-state index in [4.69, 9.17) is 18.9 Å². The molecule has 0 aliphatic carbocycles. The van der Waals surface area contributed by atoms with Crippen molar-refractivity contribution in [3.05, 3.63) is 0 Å². The molecule has 0 aromatic heterocycles. The van der Waals surface area contributed by atoms with Crippen molar-refractivity contribution in [3.8, 4) is 0 Å². The molecule has 2 atom stereocenters. The number of rotatable bonds is 14. The average molecular weight is 660 g/mol. The Kier molecular flexibility index (Phi) is 37.1. The van der Waals surface area contributed by atoms with Gasteiger partial charge in [0.25, 0.3) is 0 Å². The summed E-state index contributed by atoms with van der Waals surface area (Å²) < 4.78 is 22.2. The topological polar surface area (TPSA) is 262 Å². The maximum absolute atomic E-state index is 12.4. The number of ether oxygens (including phenoxy) is 4. The minimum absolute atomic E-state index is 0. The van der Waals surface area contributed by atoms with E-state index in [0.717, 1.165) is 0 Å². The summed E-state index contributed by atoms with van der Waals surface area (Å²) in [5, 5.41) is 48.3. The normalized spacial score (nSPS) is 17.0. The smallest absolute Gasteiger partial charge is 0.550 e. The zero-order chi connectivity index (χ0) is 32.7. The average Bonchev–Trinajstić information content (AvgIpc) is 2.94. The van der Waals surface area contributed by atoms with Crippen LogP contribution in [0.3, 0.4) is 0 Å². The monoisotopic (exact) mass is 660 g/mol. The largest absolute Gasteiger partial charge is 1.00 e. The summed E-state index contributed by atoms with van der Waals surface area (Å²) in [5.74, 6) is -7.38. The first kappa shape index (κ1) is 53.8. The van der Waals surface area contributed by atoms with Crippen LogP contribution in [-0.2, 0) is 47.7 Å². The molecular weight excluding hydrogens is 620 g/mol. The van der Waals surface area contributed by atoms with Gasteiger partial charge >= 0.3 is 75.4 Å². The number of nitrogens with zero attached hydrogens (tertiary/aromatic N) is 2. The number of amides is 2. The Bertz CT molecular complexity index is 849. The van der Waals surface area contributed by atoms with Crippen molar-refractivity contribution in [1.29, 1.82) is 0 Å². The third kappa shape index (κ3) is 28.8. The summed E-state index contributed by atoms with van der Waals surface area (Å²) in [7, 11) is 0. The number of hydrogen-bond donors (Lipinski definition) is 2. The number of carbonyl (C=O) groups is 6. The van der Waals surface area contributed by atoms with Crippen LogP contribution < -0.4 is 107 Å². The molecule has 252 valence electrons. The fourth-order valence-electron chi connectivity index (χ4n) is 3.87. The van der Waals surface area contributed by atoms with Crippen molar-refractivity contribution in [2.75, 3.05) is 92.1 Å². The van der Waals surface area contributed by atoms with Crippen LogP contribution in [0.15, 0.2) is 0 Å². The van der Waals surface area contributed by atoms with Crippen molar-refractivity contribution >= 4 is 35.7 Å². The SMILES string of the molecule is O=C([O-])CCC(NC(=O)CN1CCOCCOCCN(CC(=O)NC(CCC(=O)[O-])C(=O)[O-])CCOCCOCC1)C(=O)[O-].[Li+].[Li+].[Li+].[Li+]. The Hall–Kier alpha value is -1.03. The predicted molar refractivity (Wildman–Crippen MR) is 139 cm³/mol. The van der Waals surface area contributed by atoms with Gasteiger partial charge in [0.2, 0.25) is 11.8 Å². The van der Waals surface area contributed by atoms with Gasteiger partial charge in [-0.3, -0.25) is 19.4 Å². The van der Waals surface area contributed by atoms with Gasteiger partial charge in [-0.05, 0) is 25.7 Å². The molecule has 18 nitrogen and oxygen atoms in total. The van der Waals surface area contributed by atoms with Gasteiger partial charge in [0.1, 0.15) is 0 Å². The van der Waals surface area contributed by atoms with Crippen LogP contribution in [0.4, 0.5) is 0 Å². The molecule has 2 amide bonds. The van der Waals surface area contributed by atoms with Crippen molar-refractivity contribution < 1.29 is 144 Å². The molecule has 1 saturated heterocycles. The summed E-state index contributed by atoms with van der Waals surface area (Å²) >= 11 is 0. The van der Waals surface area contributed by atoms with E-state index >= 15 is 0 Å². The van der Waals surface area contributed by atoms with Crippen LogP contribution in [0, 0.1) is 0 Å². The fraction of sp³-hybridized carbons (Fsp3) is 0.769. The molecule has 0 aromatic rings. The molecule has 1 rings (SSSR count). The molecule has 48 heavy (non-hydrogen) atoms. The fourth-order valence-corrected chi connectivity index (χ4v) is 3.87. The molecule has 0 aromatic carbocycles. The van der Waals surface area contributed by atoms with Crippen LogP contribution in [0.5, 0.6) is 0 Å². The van der Waals surface area contributed by atoms with Crippen molar-refractivity contribution in [2.45, 2.75) is 37.8 Å². The molecule has 2 N–H and O–H groups in total. The zero-order valence-electron chi connectivity index (χ0n) is 28.5. The Balaban J connectivity index is -0.00000242. The van der Waals surface area contributed by atoms with Crippen LogP contribution in [0.1, 0.15) is 25.7 Å².